The van der Waals surface area contributed by atoms with Crippen molar-refractivity contribution >= 4 is 29.6 Å². The van der Waals surface area contributed by atoms with Crippen LogP contribution < -0.4 is 14.8 Å². The molecule has 28 heavy (non-hydrogen) atoms. The molecule has 2 N–H and O–H groups in total. The van der Waals surface area contributed by atoms with Crippen molar-refractivity contribution in [3.8, 4) is 11.5 Å². The molecule has 148 valence electrons. The molecule has 0 heterocycles. The SMILES string of the molecule is CCOc1cccc(/C=C(/NC(=O)COc2cc(C)c(Cl)c(C)c2)C(=O)O)c1. The molecule has 0 atom stereocenters. The van der Waals surface area contributed by atoms with Gasteiger partial charge < -0.3 is 19.9 Å². The number of aliphatic carboxylic acids is 1. The van der Waals surface area contributed by atoms with E-state index in [0.717, 1.165) is 11.1 Å². The second-order valence-electron chi connectivity index (χ2n) is 6.08. The van der Waals surface area contributed by atoms with E-state index in [-0.39, 0.29) is 12.3 Å². The Morgan fingerprint density at radius 2 is 1.79 bits per heavy atom. The minimum Gasteiger partial charge on any atom is -0.494 e. The van der Waals surface area contributed by atoms with Crippen LogP contribution in [0.5, 0.6) is 11.5 Å². The van der Waals surface area contributed by atoms with Crippen molar-refractivity contribution in [2.24, 2.45) is 0 Å². The highest BCUT2D eigenvalue weighted by atomic mass is 35.5. The van der Waals surface area contributed by atoms with E-state index in [4.69, 9.17) is 21.1 Å². The number of carboxylic acids is 1. The van der Waals surface area contributed by atoms with Crippen LogP contribution in [0.15, 0.2) is 42.1 Å². The molecule has 0 unspecified atom stereocenters. The number of hydrogen-bond donors (Lipinski definition) is 2. The number of halogens is 1. The van der Waals surface area contributed by atoms with Gasteiger partial charge in [0.2, 0.25) is 0 Å². The van der Waals surface area contributed by atoms with Gasteiger partial charge in [-0.2, -0.15) is 0 Å². The molecule has 0 fully saturated rings. The van der Waals surface area contributed by atoms with Gasteiger partial charge in [-0.1, -0.05) is 23.7 Å². The number of aryl methyl sites for hydroxylation is 2. The fraction of sp³-hybridized carbons (Fsp3) is 0.238. The van der Waals surface area contributed by atoms with E-state index in [1.807, 2.05) is 20.8 Å². The summed E-state index contributed by atoms with van der Waals surface area (Å²) in [5.41, 5.74) is 1.99. The number of benzene rings is 2. The van der Waals surface area contributed by atoms with Gasteiger partial charge in [-0.3, -0.25) is 4.79 Å². The van der Waals surface area contributed by atoms with Gasteiger partial charge in [0, 0.05) is 5.02 Å². The van der Waals surface area contributed by atoms with E-state index in [0.29, 0.717) is 28.7 Å². The van der Waals surface area contributed by atoms with Crippen molar-refractivity contribution in [1.82, 2.24) is 5.32 Å². The van der Waals surface area contributed by atoms with E-state index in [1.54, 1.807) is 36.4 Å². The summed E-state index contributed by atoms with van der Waals surface area (Å²) in [6.07, 6.45) is 1.36. The third kappa shape index (κ3) is 6.03. The van der Waals surface area contributed by atoms with Gasteiger partial charge >= 0.3 is 5.97 Å². The maximum absolute atomic E-state index is 12.1. The van der Waals surface area contributed by atoms with Gasteiger partial charge in [0.05, 0.1) is 6.61 Å². The number of rotatable bonds is 8. The summed E-state index contributed by atoms with van der Waals surface area (Å²) in [6, 6.07) is 10.4. The fourth-order valence-electron chi connectivity index (χ4n) is 2.50. The molecule has 2 aromatic rings. The molecule has 0 saturated carbocycles. The molecule has 0 aliphatic rings. The third-order valence-corrected chi connectivity index (χ3v) is 4.36. The van der Waals surface area contributed by atoms with Crippen molar-refractivity contribution in [2.75, 3.05) is 13.2 Å². The molecule has 0 bridgehead atoms. The van der Waals surface area contributed by atoms with Crippen LogP contribution in [0.3, 0.4) is 0 Å². The Hall–Kier alpha value is -2.99. The van der Waals surface area contributed by atoms with Crippen molar-refractivity contribution in [2.45, 2.75) is 20.8 Å². The number of carbonyl (C=O) groups excluding carboxylic acids is 1. The number of carboxylic acid groups (broad SMARTS) is 1. The Labute approximate surface area is 168 Å². The zero-order chi connectivity index (χ0) is 20.7. The Morgan fingerprint density at radius 1 is 1.11 bits per heavy atom. The molecule has 0 aliphatic heterocycles. The van der Waals surface area contributed by atoms with Crippen LogP contribution in [-0.2, 0) is 9.59 Å². The highest BCUT2D eigenvalue weighted by Crippen LogP contribution is 2.25. The summed E-state index contributed by atoms with van der Waals surface area (Å²) in [4.78, 5) is 23.6. The lowest BCUT2D eigenvalue weighted by Gasteiger charge is -2.11. The number of ether oxygens (including phenoxy) is 2. The van der Waals surface area contributed by atoms with Crippen molar-refractivity contribution in [3.05, 3.63) is 63.8 Å². The Balaban J connectivity index is 2.06. The first-order valence-corrected chi connectivity index (χ1v) is 9.05. The van der Waals surface area contributed by atoms with Gasteiger partial charge in [-0.15, -0.1) is 0 Å². The largest absolute Gasteiger partial charge is 0.494 e. The number of hydrogen-bond acceptors (Lipinski definition) is 4. The molecule has 0 saturated heterocycles. The number of carbonyl (C=O) groups is 2. The van der Waals surface area contributed by atoms with Crippen LogP contribution in [0.1, 0.15) is 23.6 Å². The van der Waals surface area contributed by atoms with Crippen LogP contribution in [-0.4, -0.2) is 30.2 Å². The lowest BCUT2D eigenvalue weighted by molar-refractivity contribution is -0.134. The highest BCUT2D eigenvalue weighted by molar-refractivity contribution is 6.32. The van der Waals surface area contributed by atoms with E-state index in [2.05, 4.69) is 5.32 Å². The summed E-state index contributed by atoms with van der Waals surface area (Å²) in [5, 5.41) is 12.4. The van der Waals surface area contributed by atoms with E-state index in [1.165, 1.54) is 6.08 Å². The van der Waals surface area contributed by atoms with Crippen molar-refractivity contribution in [1.29, 1.82) is 0 Å². The molecule has 0 spiro atoms. The van der Waals surface area contributed by atoms with Gasteiger partial charge in [0.15, 0.2) is 6.61 Å². The molecule has 2 rings (SSSR count). The topological polar surface area (TPSA) is 84.9 Å². The van der Waals surface area contributed by atoms with Crippen LogP contribution >= 0.6 is 11.6 Å². The molecule has 2 aromatic carbocycles. The maximum atomic E-state index is 12.1. The van der Waals surface area contributed by atoms with Crippen molar-refractivity contribution < 1.29 is 24.2 Å². The van der Waals surface area contributed by atoms with Crippen LogP contribution in [0.4, 0.5) is 0 Å². The van der Waals surface area contributed by atoms with Crippen LogP contribution in [0.25, 0.3) is 6.08 Å². The summed E-state index contributed by atoms with van der Waals surface area (Å²) >= 11 is 6.11. The zero-order valence-corrected chi connectivity index (χ0v) is 16.7. The van der Waals surface area contributed by atoms with Gasteiger partial charge in [0.25, 0.3) is 5.91 Å². The molecule has 0 aliphatic carbocycles. The summed E-state index contributed by atoms with van der Waals surface area (Å²) < 4.78 is 10.8. The first-order chi connectivity index (χ1) is 13.3. The standard InChI is InChI=1S/C21H22ClNO5/c1-4-27-16-7-5-6-15(10-16)11-18(21(25)26)23-19(24)12-28-17-8-13(2)20(22)14(3)9-17/h5-11H,4,12H2,1-3H3,(H,23,24)(H,25,26)/b18-11+. The quantitative estimate of drug-likeness (QED) is 0.651. The van der Waals surface area contributed by atoms with E-state index >= 15 is 0 Å². The molecular weight excluding hydrogens is 382 g/mol. The predicted molar refractivity (Wildman–Crippen MR) is 108 cm³/mol. The minimum atomic E-state index is -1.26. The van der Waals surface area contributed by atoms with Gasteiger partial charge in [0.1, 0.15) is 17.2 Å². The monoisotopic (exact) mass is 403 g/mol. The van der Waals surface area contributed by atoms with Crippen LogP contribution in [0, 0.1) is 13.8 Å². The highest BCUT2D eigenvalue weighted by Gasteiger charge is 2.13. The minimum absolute atomic E-state index is 0.259. The van der Waals surface area contributed by atoms with Gasteiger partial charge in [-0.05, 0) is 67.8 Å². The Morgan fingerprint density at radius 3 is 2.39 bits per heavy atom. The number of nitrogens with one attached hydrogen (secondary N) is 1. The molecule has 7 heteroatoms. The Kier molecular flexibility index (Phi) is 7.46. The normalized spacial score (nSPS) is 11.1. The van der Waals surface area contributed by atoms with E-state index in [9.17, 15) is 14.7 Å². The fourth-order valence-corrected chi connectivity index (χ4v) is 2.61. The Bertz CT molecular complexity index is 884. The first-order valence-electron chi connectivity index (χ1n) is 8.67. The smallest absolute Gasteiger partial charge is 0.352 e. The lowest BCUT2D eigenvalue weighted by Crippen LogP contribution is -2.31. The molecular formula is C21H22ClNO5. The van der Waals surface area contributed by atoms with E-state index < -0.39 is 11.9 Å². The predicted octanol–water partition coefficient (Wildman–Crippen LogP) is 3.98. The summed E-state index contributed by atoms with van der Waals surface area (Å²) in [6.45, 7) is 5.70. The number of amides is 1. The van der Waals surface area contributed by atoms with Crippen LogP contribution in [0.2, 0.25) is 5.02 Å². The molecule has 6 nitrogen and oxygen atoms in total. The summed E-state index contributed by atoms with van der Waals surface area (Å²) in [5.74, 6) is -0.739. The molecule has 1 amide bonds. The van der Waals surface area contributed by atoms with Crippen molar-refractivity contribution in [3.63, 3.8) is 0 Å². The second-order valence-corrected chi connectivity index (χ2v) is 6.45. The average Bonchev–Trinajstić information content (AvgIpc) is 2.64. The lowest BCUT2D eigenvalue weighted by atomic mass is 10.1. The summed E-state index contributed by atoms with van der Waals surface area (Å²) in [7, 11) is 0. The average molecular weight is 404 g/mol. The zero-order valence-electron chi connectivity index (χ0n) is 15.9. The molecule has 0 aromatic heterocycles. The first kappa shape index (κ1) is 21.3. The molecule has 0 radical (unpaired) electrons. The van der Waals surface area contributed by atoms with Gasteiger partial charge in [-0.25, -0.2) is 4.79 Å². The second kappa shape index (κ2) is 9.80. The third-order valence-electron chi connectivity index (χ3n) is 3.76. The maximum Gasteiger partial charge on any atom is 0.352 e.